The number of nitrogen functional groups attached to an aromatic ring is 1. The Morgan fingerprint density at radius 2 is 1.46 bits per heavy atom. The predicted molar refractivity (Wildman–Crippen MR) is 106 cm³/mol. The van der Waals surface area contributed by atoms with E-state index in [1.54, 1.807) is 17.8 Å². The lowest BCUT2D eigenvalue weighted by atomic mass is 9.84. The topological polar surface area (TPSA) is 73.6 Å². The number of nitriles is 2. The normalized spacial score (nSPS) is 11.8. The summed E-state index contributed by atoms with van der Waals surface area (Å²) in [6.45, 7) is 0. The Balaban J connectivity index is 2.20. The summed E-state index contributed by atoms with van der Waals surface area (Å²) in [6, 6.07) is 19.8. The van der Waals surface area contributed by atoms with E-state index in [-0.39, 0.29) is 5.69 Å². The van der Waals surface area contributed by atoms with Gasteiger partial charge in [-0.1, -0.05) is 48.0 Å². The molecule has 3 nitrogen and oxygen atoms in total. The average molecular weight is 374 g/mol. The highest BCUT2D eigenvalue weighted by Crippen LogP contribution is 2.50. The van der Waals surface area contributed by atoms with Crippen LogP contribution in [-0.4, -0.2) is 0 Å². The van der Waals surface area contributed by atoms with Crippen LogP contribution in [0.4, 0.5) is 5.69 Å². The summed E-state index contributed by atoms with van der Waals surface area (Å²) in [6.07, 6.45) is 0. The van der Waals surface area contributed by atoms with Crippen molar-refractivity contribution in [3.8, 4) is 34.4 Å². The Labute approximate surface area is 160 Å². The molecule has 0 saturated carbocycles. The fraction of sp³-hybridized carbons (Fsp3) is 0.0476. The highest BCUT2D eigenvalue weighted by molar-refractivity contribution is 7.98. The lowest BCUT2D eigenvalue weighted by Crippen LogP contribution is -2.08. The molecule has 0 atom stereocenters. The smallest absolute Gasteiger partial charge is 0.102 e. The summed E-state index contributed by atoms with van der Waals surface area (Å²) >= 11 is 8.12. The molecule has 0 bridgehead atoms. The number of nitrogens with two attached hydrogens (primary N) is 1. The molecule has 0 aliphatic carbocycles. The van der Waals surface area contributed by atoms with E-state index < -0.39 is 0 Å². The van der Waals surface area contributed by atoms with Crippen molar-refractivity contribution in [3.63, 3.8) is 0 Å². The summed E-state index contributed by atoms with van der Waals surface area (Å²) in [7, 11) is 0. The molecule has 0 saturated heterocycles. The van der Waals surface area contributed by atoms with E-state index in [0.717, 1.165) is 32.7 Å². The first-order valence-electron chi connectivity index (χ1n) is 7.93. The van der Waals surface area contributed by atoms with Gasteiger partial charge in [0.05, 0.1) is 16.8 Å². The van der Waals surface area contributed by atoms with E-state index in [4.69, 9.17) is 17.3 Å². The van der Waals surface area contributed by atoms with Crippen LogP contribution in [0.5, 0.6) is 0 Å². The monoisotopic (exact) mass is 373 g/mol. The van der Waals surface area contributed by atoms with Crippen molar-refractivity contribution in [1.29, 1.82) is 10.5 Å². The van der Waals surface area contributed by atoms with E-state index >= 15 is 0 Å². The number of anilines is 1. The molecule has 2 N–H and O–H groups in total. The van der Waals surface area contributed by atoms with Crippen LogP contribution < -0.4 is 5.73 Å². The maximum Gasteiger partial charge on any atom is 0.102 e. The van der Waals surface area contributed by atoms with Gasteiger partial charge in [0.1, 0.15) is 12.1 Å². The van der Waals surface area contributed by atoms with Gasteiger partial charge >= 0.3 is 0 Å². The Kier molecular flexibility index (Phi) is 4.09. The van der Waals surface area contributed by atoms with Gasteiger partial charge in [-0.25, -0.2) is 0 Å². The quantitative estimate of drug-likeness (QED) is 0.563. The van der Waals surface area contributed by atoms with E-state index in [1.165, 1.54) is 0 Å². The van der Waals surface area contributed by atoms with Crippen LogP contribution in [0.3, 0.4) is 0 Å². The number of nitrogens with zero attached hydrogens (tertiary/aromatic N) is 2. The minimum atomic E-state index is 0.213. The molecule has 0 radical (unpaired) electrons. The molecule has 0 aromatic heterocycles. The summed E-state index contributed by atoms with van der Waals surface area (Å²) < 4.78 is 0. The zero-order chi connectivity index (χ0) is 18.3. The van der Waals surface area contributed by atoms with Crippen molar-refractivity contribution < 1.29 is 0 Å². The average Bonchev–Trinajstić information content (AvgIpc) is 2.67. The van der Waals surface area contributed by atoms with Gasteiger partial charge in [-0.15, -0.1) is 11.8 Å². The summed E-state index contributed by atoms with van der Waals surface area (Å²) in [5, 5.41) is 20.1. The molecular formula is C21H12ClN3S. The number of rotatable bonds is 1. The van der Waals surface area contributed by atoms with E-state index in [0.29, 0.717) is 21.9 Å². The fourth-order valence-electron chi connectivity index (χ4n) is 3.41. The van der Waals surface area contributed by atoms with Crippen molar-refractivity contribution >= 4 is 29.1 Å². The number of hydrogen-bond donors (Lipinski definition) is 1. The molecule has 3 aromatic carbocycles. The molecule has 1 heterocycles. The van der Waals surface area contributed by atoms with E-state index in [9.17, 15) is 10.5 Å². The maximum atomic E-state index is 9.78. The molecule has 124 valence electrons. The molecule has 0 unspecified atom stereocenters. The second-order valence-corrected chi connectivity index (χ2v) is 7.30. The van der Waals surface area contributed by atoms with Crippen LogP contribution in [-0.2, 0) is 5.75 Å². The Bertz CT molecular complexity index is 1140. The van der Waals surface area contributed by atoms with E-state index in [1.807, 2.05) is 42.5 Å². The van der Waals surface area contributed by atoms with Gasteiger partial charge in [0.25, 0.3) is 0 Å². The lowest BCUT2D eigenvalue weighted by Gasteiger charge is -2.26. The van der Waals surface area contributed by atoms with Crippen molar-refractivity contribution in [1.82, 2.24) is 0 Å². The van der Waals surface area contributed by atoms with Crippen molar-refractivity contribution in [2.75, 3.05) is 5.73 Å². The summed E-state index contributed by atoms with van der Waals surface area (Å²) in [5.74, 6) is 0.649. The second-order valence-electron chi connectivity index (χ2n) is 5.88. The van der Waals surface area contributed by atoms with Gasteiger partial charge in [-0.3, -0.25) is 0 Å². The predicted octanol–water partition coefficient (Wildman–Crippen LogP) is 5.61. The third-order valence-electron chi connectivity index (χ3n) is 4.54. The van der Waals surface area contributed by atoms with Crippen molar-refractivity contribution in [2.24, 2.45) is 0 Å². The summed E-state index contributed by atoms with van der Waals surface area (Å²) in [4.78, 5) is 1.10. The van der Waals surface area contributed by atoms with E-state index in [2.05, 4.69) is 12.1 Å². The first-order valence-corrected chi connectivity index (χ1v) is 9.29. The Morgan fingerprint density at radius 1 is 0.885 bits per heavy atom. The molecule has 4 rings (SSSR count). The number of thioether (sulfide) groups is 1. The molecule has 0 amide bonds. The first-order chi connectivity index (χ1) is 12.7. The Hall–Kier alpha value is -2.92. The molecular weight excluding hydrogens is 362 g/mol. The molecule has 5 heteroatoms. The van der Waals surface area contributed by atoms with Gasteiger partial charge in [0.2, 0.25) is 0 Å². The number of fused-ring (bicyclic) bond motifs is 3. The molecule has 26 heavy (non-hydrogen) atoms. The van der Waals surface area contributed by atoms with Crippen LogP contribution in [0, 0.1) is 22.7 Å². The standard InChI is InChI=1S/C21H12ClN3S/c22-17-7-3-1-5-12(17)19-14(9-23)21(25)15(10-24)20-13-6-2-4-8-18(13)26-11-16(19)20/h1-8H,11,25H2. The van der Waals surface area contributed by atoms with Crippen LogP contribution in [0.2, 0.25) is 5.02 Å². The van der Waals surface area contributed by atoms with Gasteiger partial charge < -0.3 is 5.73 Å². The number of benzene rings is 3. The van der Waals surface area contributed by atoms with Gasteiger partial charge in [0, 0.05) is 32.4 Å². The molecule has 3 aromatic rings. The third-order valence-corrected chi connectivity index (χ3v) is 5.97. The maximum absolute atomic E-state index is 9.78. The summed E-state index contributed by atoms with van der Waals surface area (Å²) in [5.41, 5.74) is 11.4. The molecule has 1 aliphatic heterocycles. The SMILES string of the molecule is N#Cc1c(N)c(C#N)c2c(c1-c1ccccc1Cl)CSc1ccccc1-2. The minimum Gasteiger partial charge on any atom is -0.397 e. The van der Waals surface area contributed by atoms with Crippen LogP contribution in [0.15, 0.2) is 53.4 Å². The zero-order valence-corrected chi connectivity index (χ0v) is 15.2. The van der Waals surface area contributed by atoms with Crippen molar-refractivity contribution in [3.05, 3.63) is 70.2 Å². The molecule has 0 spiro atoms. The zero-order valence-electron chi connectivity index (χ0n) is 13.6. The van der Waals surface area contributed by atoms with Crippen molar-refractivity contribution in [2.45, 2.75) is 10.6 Å². The van der Waals surface area contributed by atoms with Gasteiger partial charge in [-0.2, -0.15) is 10.5 Å². The molecule has 0 fully saturated rings. The fourth-order valence-corrected chi connectivity index (χ4v) is 4.72. The third kappa shape index (κ3) is 2.35. The van der Waals surface area contributed by atoms with Gasteiger partial charge in [-0.05, 0) is 23.3 Å². The largest absolute Gasteiger partial charge is 0.397 e. The lowest BCUT2D eigenvalue weighted by molar-refractivity contribution is 1.29. The highest BCUT2D eigenvalue weighted by Gasteiger charge is 2.29. The molecule has 1 aliphatic rings. The number of hydrogen-bond acceptors (Lipinski definition) is 4. The van der Waals surface area contributed by atoms with Crippen LogP contribution in [0.1, 0.15) is 16.7 Å². The van der Waals surface area contributed by atoms with Gasteiger partial charge in [0.15, 0.2) is 0 Å². The second kappa shape index (κ2) is 6.42. The van der Waals surface area contributed by atoms with Crippen LogP contribution in [0.25, 0.3) is 22.3 Å². The van der Waals surface area contributed by atoms with Crippen LogP contribution >= 0.6 is 23.4 Å². The highest BCUT2D eigenvalue weighted by atomic mass is 35.5. The minimum absolute atomic E-state index is 0.213. The Morgan fingerprint density at radius 3 is 2.12 bits per heavy atom. The first kappa shape index (κ1) is 16.5. The number of halogens is 1.